The normalized spacial score (nSPS) is 24.8. The minimum Gasteiger partial charge on any atom is -0.357 e. The van der Waals surface area contributed by atoms with Gasteiger partial charge in [0.15, 0.2) is 11.2 Å². The number of carbonyl (C=O) groups excluding carboxylic acids is 1. The van der Waals surface area contributed by atoms with E-state index >= 15 is 0 Å². The van der Waals surface area contributed by atoms with Crippen LogP contribution in [-0.2, 0) is 4.79 Å². The quantitative estimate of drug-likeness (QED) is 0.736. The molecule has 0 N–H and O–H groups in total. The Morgan fingerprint density at radius 1 is 1.14 bits per heavy atom. The average Bonchev–Trinajstić information content (AvgIpc) is 3.30. The molecule has 0 spiro atoms. The van der Waals surface area contributed by atoms with Gasteiger partial charge in [0.1, 0.15) is 0 Å². The number of benzene rings is 1. The van der Waals surface area contributed by atoms with Crippen LogP contribution in [0.15, 0.2) is 48.0 Å². The highest BCUT2D eigenvalue weighted by atomic mass is 32.1. The first-order valence-electron chi connectivity index (χ1n) is 9.30. The van der Waals surface area contributed by atoms with Crippen LogP contribution in [0.3, 0.4) is 0 Å². The lowest BCUT2D eigenvalue weighted by atomic mass is 9.68. The molecule has 1 saturated heterocycles. The van der Waals surface area contributed by atoms with E-state index in [2.05, 4.69) is 12.1 Å². The first-order chi connectivity index (χ1) is 13.3. The number of ketones is 1. The van der Waals surface area contributed by atoms with Crippen molar-refractivity contribution in [2.45, 2.75) is 38.8 Å². The van der Waals surface area contributed by atoms with E-state index in [1.807, 2.05) is 79.7 Å². The van der Waals surface area contributed by atoms with E-state index in [1.54, 1.807) is 0 Å². The van der Waals surface area contributed by atoms with Crippen LogP contribution in [0.2, 0.25) is 0 Å². The van der Waals surface area contributed by atoms with Crippen LogP contribution in [0.4, 0.5) is 0 Å². The third-order valence-electron chi connectivity index (χ3n) is 5.80. The fraction of sp³-hybridized carbons (Fsp3) is 0.348. The average molecular weight is 388 g/mol. The number of rotatable bonds is 2. The second-order valence-electron chi connectivity index (χ2n) is 8.44. The predicted octanol–water partition coefficient (Wildman–Crippen LogP) is 4.89. The van der Waals surface area contributed by atoms with Gasteiger partial charge in [0.2, 0.25) is 0 Å². The lowest BCUT2D eigenvalue weighted by Crippen LogP contribution is -2.43. The zero-order valence-corrected chi connectivity index (χ0v) is 16.9. The summed E-state index contributed by atoms with van der Waals surface area (Å²) in [5.74, 6) is -0.456. The van der Waals surface area contributed by atoms with Gasteiger partial charge < -0.3 is 4.90 Å². The van der Waals surface area contributed by atoms with Crippen LogP contribution in [-0.4, -0.2) is 16.7 Å². The SMILES string of the molecule is CC(C)(C)C(=O)C1C(c2cccs2)C(C#N)(C#N)C2c3ccccc3C=CN12. The number of nitrogens with zero attached hydrogens (tertiary/aromatic N) is 3. The standard InChI is InChI=1S/C23H21N3OS/c1-22(2,3)21(27)19-18(17-9-6-12-28-17)23(13-24,14-25)20-16-8-5-4-7-15(16)10-11-26(19)20/h4-12,18-20H,1-3H3. The Kier molecular flexibility index (Phi) is 4.17. The molecule has 0 radical (unpaired) electrons. The molecule has 1 aromatic heterocycles. The summed E-state index contributed by atoms with van der Waals surface area (Å²) in [4.78, 5) is 16.4. The molecular weight excluding hydrogens is 366 g/mol. The van der Waals surface area contributed by atoms with Crippen LogP contribution in [0.5, 0.6) is 0 Å². The van der Waals surface area contributed by atoms with Crippen LogP contribution < -0.4 is 0 Å². The third-order valence-corrected chi connectivity index (χ3v) is 6.76. The zero-order chi connectivity index (χ0) is 20.1. The Morgan fingerprint density at radius 3 is 2.46 bits per heavy atom. The Morgan fingerprint density at radius 2 is 1.86 bits per heavy atom. The molecule has 3 unspecified atom stereocenters. The van der Waals surface area contributed by atoms with Gasteiger partial charge in [-0.1, -0.05) is 51.1 Å². The second-order valence-corrected chi connectivity index (χ2v) is 9.42. The minimum absolute atomic E-state index is 0.0484. The van der Waals surface area contributed by atoms with Gasteiger partial charge in [-0.15, -0.1) is 11.3 Å². The van der Waals surface area contributed by atoms with Crippen molar-refractivity contribution in [3.05, 3.63) is 64.0 Å². The molecular formula is C23H21N3OS. The summed E-state index contributed by atoms with van der Waals surface area (Å²) in [5, 5.41) is 22.6. The molecule has 140 valence electrons. The maximum absolute atomic E-state index is 13.6. The molecule has 0 amide bonds. The Bertz CT molecular complexity index is 1020. The van der Waals surface area contributed by atoms with Crippen molar-refractivity contribution >= 4 is 23.2 Å². The lowest BCUT2D eigenvalue weighted by molar-refractivity contribution is -0.130. The molecule has 0 aliphatic carbocycles. The Hall–Kier alpha value is -2.89. The smallest absolute Gasteiger partial charge is 0.178 e. The maximum atomic E-state index is 13.6. The molecule has 5 heteroatoms. The fourth-order valence-corrected chi connectivity index (χ4v) is 5.45. The molecule has 28 heavy (non-hydrogen) atoms. The van der Waals surface area contributed by atoms with Crippen LogP contribution in [0.1, 0.15) is 48.7 Å². The van der Waals surface area contributed by atoms with Crippen molar-refractivity contribution in [2.75, 3.05) is 0 Å². The molecule has 3 atom stereocenters. The van der Waals surface area contributed by atoms with Gasteiger partial charge in [-0.25, -0.2) is 0 Å². The molecule has 1 fully saturated rings. The predicted molar refractivity (Wildman–Crippen MR) is 109 cm³/mol. The van der Waals surface area contributed by atoms with Gasteiger partial charge in [-0.2, -0.15) is 10.5 Å². The summed E-state index contributed by atoms with van der Waals surface area (Å²) in [6.45, 7) is 5.70. The van der Waals surface area contributed by atoms with Gasteiger partial charge in [0.25, 0.3) is 0 Å². The molecule has 4 nitrogen and oxygen atoms in total. The van der Waals surface area contributed by atoms with Crippen molar-refractivity contribution in [1.29, 1.82) is 10.5 Å². The van der Waals surface area contributed by atoms with Crippen molar-refractivity contribution in [1.82, 2.24) is 4.90 Å². The molecule has 2 aromatic rings. The molecule has 3 heterocycles. The first-order valence-corrected chi connectivity index (χ1v) is 10.2. The largest absolute Gasteiger partial charge is 0.357 e. The number of thiophene rings is 1. The third kappa shape index (κ3) is 2.44. The van der Waals surface area contributed by atoms with E-state index in [1.165, 1.54) is 11.3 Å². The summed E-state index contributed by atoms with van der Waals surface area (Å²) in [5.41, 5.74) is -0.0142. The van der Waals surface area contributed by atoms with Crippen molar-refractivity contribution < 1.29 is 4.79 Å². The summed E-state index contributed by atoms with van der Waals surface area (Å²) in [6.07, 6.45) is 3.88. The van der Waals surface area contributed by atoms with E-state index in [0.29, 0.717) is 0 Å². The van der Waals surface area contributed by atoms with Gasteiger partial charge in [-0.05, 0) is 28.6 Å². The summed E-state index contributed by atoms with van der Waals surface area (Å²) >= 11 is 1.51. The molecule has 0 saturated carbocycles. The van der Waals surface area contributed by atoms with Gasteiger partial charge in [0.05, 0.1) is 30.1 Å². The summed E-state index contributed by atoms with van der Waals surface area (Å²) in [7, 11) is 0. The van der Waals surface area contributed by atoms with Crippen molar-refractivity contribution in [3.8, 4) is 12.1 Å². The molecule has 2 aliphatic heterocycles. The number of hydrogen-bond acceptors (Lipinski definition) is 5. The number of nitriles is 2. The van der Waals surface area contributed by atoms with E-state index in [-0.39, 0.29) is 5.78 Å². The van der Waals surface area contributed by atoms with Crippen LogP contribution in [0.25, 0.3) is 6.08 Å². The Balaban J connectivity index is 2.01. The molecule has 1 aromatic carbocycles. The van der Waals surface area contributed by atoms with Crippen LogP contribution >= 0.6 is 11.3 Å². The van der Waals surface area contributed by atoms with Crippen molar-refractivity contribution in [2.24, 2.45) is 10.8 Å². The van der Waals surface area contributed by atoms with Gasteiger partial charge in [-0.3, -0.25) is 4.79 Å². The minimum atomic E-state index is -1.35. The number of fused-ring (bicyclic) bond motifs is 3. The fourth-order valence-electron chi connectivity index (χ4n) is 4.51. The van der Waals surface area contributed by atoms with E-state index in [9.17, 15) is 15.3 Å². The van der Waals surface area contributed by atoms with E-state index < -0.39 is 28.8 Å². The van der Waals surface area contributed by atoms with Crippen LogP contribution in [0, 0.1) is 33.5 Å². The number of hydrogen-bond donors (Lipinski definition) is 0. The number of carbonyl (C=O) groups is 1. The highest BCUT2D eigenvalue weighted by Crippen LogP contribution is 2.60. The highest BCUT2D eigenvalue weighted by Gasteiger charge is 2.64. The molecule has 2 aliphatic rings. The highest BCUT2D eigenvalue weighted by molar-refractivity contribution is 7.10. The maximum Gasteiger partial charge on any atom is 0.178 e. The molecule has 0 bridgehead atoms. The second kappa shape index (κ2) is 6.33. The number of Topliss-reactive ketones (excluding diaryl/α,β-unsaturated/α-hetero) is 1. The monoisotopic (exact) mass is 387 g/mol. The van der Waals surface area contributed by atoms with E-state index in [0.717, 1.165) is 16.0 Å². The zero-order valence-electron chi connectivity index (χ0n) is 16.1. The van der Waals surface area contributed by atoms with Gasteiger partial charge >= 0.3 is 0 Å². The first kappa shape index (κ1) is 18.5. The van der Waals surface area contributed by atoms with Crippen molar-refractivity contribution in [3.63, 3.8) is 0 Å². The van der Waals surface area contributed by atoms with E-state index in [4.69, 9.17) is 0 Å². The Labute approximate surface area is 169 Å². The summed E-state index contributed by atoms with van der Waals surface area (Å²) in [6, 6.07) is 15.4. The summed E-state index contributed by atoms with van der Waals surface area (Å²) < 4.78 is 0. The van der Waals surface area contributed by atoms with Gasteiger partial charge in [0, 0.05) is 16.5 Å². The lowest BCUT2D eigenvalue weighted by Gasteiger charge is -2.36. The topological polar surface area (TPSA) is 67.9 Å². The molecule has 4 rings (SSSR count).